The molecule has 0 amide bonds. The minimum absolute atomic E-state index is 0.291. The van der Waals surface area contributed by atoms with E-state index in [9.17, 15) is 0 Å². The molecule has 0 atom stereocenters. The summed E-state index contributed by atoms with van der Waals surface area (Å²) in [6.45, 7) is 2.72. The third kappa shape index (κ3) is 2.07. The summed E-state index contributed by atoms with van der Waals surface area (Å²) in [5.41, 5.74) is 0.791. The van der Waals surface area contributed by atoms with E-state index in [1.165, 1.54) is 0 Å². The lowest BCUT2D eigenvalue weighted by Gasteiger charge is -2.05. The fourth-order valence-corrected chi connectivity index (χ4v) is 1.85. The van der Waals surface area contributed by atoms with E-state index in [-0.39, 0.29) is 0 Å². The van der Waals surface area contributed by atoms with Gasteiger partial charge >= 0.3 is 0 Å². The Bertz CT molecular complexity index is 503. The number of halogens is 3. The molecule has 0 saturated heterocycles. The van der Waals surface area contributed by atoms with Crippen LogP contribution in [0.2, 0.25) is 10.3 Å². The number of rotatable bonds is 2. The molecule has 0 bridgehead atoms. The van der Waals surface area contributed by atoms with Crippen LogP contribution in [0.25, 0.3) is 11.5 Å². The zero-order valence-electron chi connectivity index (χ0n) is 8.28. The Morgan fingerprint density at radius 1 is 1.31 bits per heavy atom. The topological polar surface area (TPSA) is 43.6 Å². The summed E-state index contributed by atoms with van der Waals surface area (Å²) in [6.07, 6.45) is 1.69. The molecule has 2 heterocycles. The first-order chi connectivity index (χ1) is 7.63. The van der Waals surface area contributed by atoms with Crippen LogP contribution in [0.4, 0.5) is 0 Å². The summed E-state index contributed by atoms with van der Waals surface area (Å²) < 4.78 is 2.28. The van der Waals surface area contributed by atoms with Crippen LogP contribution < -0.4 is 0 Å². The normalized spacial score (nSPS) is 10.8. The second kappa shape index (κ2) is 4.69. The van der Waals surface area contributed by atoms with E-state index in [4.69, 9.17) is 23.2 Å². The standard InChI is InChI=1S/C9H7BrCl2N4/c1-2-16-5(3-4-13-16)9-14-7(11)6(10)8(12)15-9/h3-4H,2H2,1H3. The highest BCUT2D eigenvalue weighted by atomic mass is 79.9. The van der Waals surface area contributed by atoms with Gasteiger partial charge in [0.1, 0.15) is 16.0 Å². The van der Waals surface area contributed by atoms with Crippen LogP contribution in [0.5, 0.6) is 0 Å². The third-order valence-electron chi connectivity index (χ3n) is 2.02. The zero-order valence-corrected chi connectivity index (χ0v) is 11.4. The number of aromatic nitrogens is 4. The SMILES string of the molecule is CCn1nccc1-c1nc(Cl)c(Br)c(Cl)n1. The summed E-state index contributed by atoms with van der Waals surface area (Å²) >= 11 is 15.0. The van der Waals surface area contributed by atoms with Crippen LogP contribution in [0.1, 0.15) is 6.92 Å². The lowest BCUT2D eigenvalue weighted by Crippen LogP contribution is -2.02. The van der Waals surface area contributed by atoms with Gasteiger partial charge in [-0.1, -0.05) is 23.2 Å². The first-order valence-corrected chi connectivity index (χ1v) is 6.09. The van der Waals surface area contributed by atoms with E-state index < -0.39 is 0 Å². The molecule has 2 aromatic heterocycles. The third-order valence-corrected chi connectivity index (χ3v) is 3.77. The number of aryl methyl sites for hydroxylation is 1. The van der Waals surface area contributed by atoms with Gasteiger partial charge in [0.25, 0.3) is 0 Å². The molecule has 7 heteroatoms. The van der Waals surface area contributed by atoms with Gasteiger partial charge in [0.2, 0.25) is 0 Å². The quantitative estimate of drug-likeness (QED) is 0.796. The Morgan fingerprint density at radius 3 is 2.50 bits per heavy atom. The molecule has 4 nitrogen and oxygen atoms in total. The van der Waals surface area contributed by atoms with Gasteiger partial charge in [0.05, 0.1) is 4.47 Å². The largest absolute Gasteiger partial charge is 0.262 e. The molecule has 84 valence electrons. The van der Waals surface area contributed by atoms with Gasteiger partial charge in [-0.25, -0.2) is 9.97 Å². The Balaban J connectivity index is 2.57. The van der Waals surface area contributed by atoms with E-state index in [0.29, 0.717) is 20.6 Å². The molecule has 0 spiro atoms. The summed E-state index contributed by atoms with van der Waals surface area (Å²) in [5, 5.41) is 4.71. The minimum Gasteiger partial charge on any atom is -0.262 e. The molecule has 0 aliphatic carbocycles. The second-order valence-electron chi connectivity index (χ2n) is 2.98. The molecular weight excluding hydrogens is 315 g/mol. The molecule has 0 unspecified atom stereocenters. The van der Waals surface area contributed by atoms with Crippen LogP contribution in [-0.2, 0) is 6.54 Å². The maximum Gasteiger partial charge on any atom is 0.180 e. The van der Waals surface area contributed by atoms with Crippen LogP contribution in [0, 0.1) is 0 Å². The molecule has 2 rings (SSSR count). The van der Waals surface area contributed by atoms with E-state index in [2.05, 4.69) is 31.0 Å². The van der Waals surface area contributed by atoms with Crippen molar-refractivity contribution >= 4 is 39.1 Å². The van der Waals surface area contributed by atoms with Crippen LogP contribution in [0.3, 0.4) is 0 Å². The summed E-state index contributed by atoms with van der Waals surface area (Å²) in [4.78, 5) is 8.29. The fraction of sp³-hybridized carbons (Fsp3) is 0.222. The second-order valence-corrected chi connectivity index (χ2v) is 4.48. The van der Waals surface area contributed by atoms with Crippen molar-refractivity contribution in [3.63, 3.8) is 0 Å². The number of hydrogen-bond donors (Lipinski definition) is 0. The Labute approximate surface area is 111 Å². The lowest BCUT2D eigenvalue weighted by molar-refractivity contribution is 0.663. The van der Waals surface area contributed by atoms with Crippen LogP contribution in [0.15, 0.2) is 16.7 Å². The van der Waals surface area contributed by atoms with E-state index in [0.717, 1.165) is 12.2 Å². The highest BCUT2D eigenvalue weighted by molar-refractivity contribution is 9.10. The van der Waals surface area contributed by atoms with Crippen molar-refractivity contribution < 1.29 is 0 Å². The predicted octanol–water partition coefficient (Wildman–Crippen LogP) is 3.43. The van der Waals surface area contributed by atoms with Crippen molar-refractivity contribution in [2.45, 2.75) is 13.5 Å². The van der Waals surface area contributed by atoms with Gasteiger partial charge in [-0.3, -0.25) is 4.68 Å². The molecule has 2 aromatic rings. The average molecular weight is 322 g/mol. The highest BCUT2D eigenvalue weighted by Crippen LogP contribution is 2.29. The lowest BCUT2D eigenvalue weighted by atomic mass is 10.4. The van der Waals surface area contributed by atoms with Crippen molar-refractivity contribution in [3.05, 3.63) is 27.0 Å². The Hall–Kier alpha value is -0.650. The van der Waals surface area contributed by atoms with Gasteiger partial charge in [-0.2, -0.15) is 5.10 Å². The molecule has 0 fully saturated rings. The molecule has 0 N–H and O–H groups in total. The van der Waals surface area contributed by atoms with Gasteiger partial charge in [-0.15, -0.1) is 0 Å². The van der Waals surface area contributed by atoms with Crippen molar-refractivity contribution in [2.24, 2.45) is 0 Å². The van der Waals surface area contributed by atoms with Gasteiger partial charge in [0, 0.05) is 12.7 Å². The molecule has 0 aromatic carbocycles. The van der Waals surface area contributed by atoms with Crippen molar-refractivity contribution in [1.29, 1.82) is 0 Å². The zero-order chi connectivity index (χ0) is 11.7. The van der Waals surface area contributed by atoms with Gasteiger partial charge < -0.3 is 0 Å². The summed E-state index contributed by atoms with van der Waals surface area (Å²) in [7, 11) is 0. The van der Waals surface area contributed by atoms with Gasteiger partial charge in [-0.05, 0) is 28.9 Å². The molecule has 0 aliphatic heterocycles. The smallest absolute Gasteiger partial charge is 0.180 e. The molecule has 0 aliphatic rings. The highest BCUT2D eigenvalue weighted by Gasteiger charge is 2.13. The van der Waals surface area contributed by atoms with E-state index >= 15 is 0 Å². The van der Waals surface area contributed by atoms with Crippen molar-refractivity contribution in [2.75, 3.05) is 0 Å². The Kier molecular flexibility index (Phi) is 3.47. The summed E-state index contributed by atoms with van der Waals surface area (Å²) in [6, 6.07) is 1.82. The maximum absolute atomic E-state index is 5.92. The fourth-order valence-electron chi connectivity index (χ4n) is 1.28. The number of hydrogen-bond acceptors (Lipinski definition) is 3. The first-order valence-electron chi connectivity index (χ1n) is 4.54. The summed E-state index contributed by atoms with van der Waals surface area (Å²) in [5.74, 6) is 0.470. The predicted molar refractivity (Wildman–Crippen MR) is 66.6 cm³/mol. The average Bonchev–Trinajstić information content (AvgIpc) is 2.73. The number of nitrogens with zero attached hydrogens (tertiary/aromatic N) is 4. The first kappa shape index (κ1) is 11.8. The molecule has 0 saturated carbocycles. The minimum atomic E-state index is 0.291. The molecular formula is C9H7BrCl2N4. The molecule has 16 heavy (non-hydrogen) atoms. The monoisotopic (exact) mass is 320 g/mol. The maximum atomic E-state index is 5.92. The van der Waals surface area contributed by atoms with Crippen LogP contribution >= 0.6 is 39.1 Å². The van der Waals surface area contributed by atoms with Gasteiger partial charge in [0.15, 0.2) is 5.82 Å². The Morgan fingerprint density at radius 2 is 1.94 bits per heavy atom. The van der Waals surface area contributed by atoms with E-state index in [1.54, 1.807) is 10.9 Å². The molecule has 0 radical (unpaired) electrons. The van der Waals surface area contributed by atoms with Crippen molar-refractivity contribution in [1.82, 2.24) is 19.7 Å². The van der Waals surface area contributed by atoms with Crippen molar-refractivity contribution in [3.8, 4) is 11.5 Å². The van der Waals surface area contributed by atoms with E-state index in [1.807, 2.05) is 13.0 Å². The van der Waals surface area contributed by atoms with Crippen LogP contribution in [-0.4, -0.2) is 19.7 Å².